The van der Waals surface area contributed by atoms with Crippen molar-refractivity contribution in [3.05, 3.63) is 65.7 Å². The maximum Gasteiger partial charge on any atom is 0.138 e. The average Bonchev–Trinajstić information content (AvgIpc) is 2.93. The first-order valence-corrected chi connectivity index (χ1v) is 7.55. The number of hydrogen-bond donors (Lipinski definition) is 0. The monoisotopic (exact) mass is 294 g/mol. The van der Waals surface area contributed by atoms with Crippen LogP contribution in [-0.4, -0.2) is 13.2 Å². The van der Waals surface area contributed by atoms with Gasteiger partial charge in [-0.15, -0.1) is 0 Å². The Morgan fingerprint density at radius 1 is 1.23 bits per heavy atom. The lowest BCUT2D eigenvalue weighted by molar-refractivity contribution is 0.138. The van der Waals surface area contributed by atoms with Gasteiger partial charge in [0.25, 0.3) is 0 Å². The molecule has 2 aromatic carbocycles. The van der Waals surface area contributed by atoms with Crippen molar-refractivity contribution in [2.75, 3.05) is 13.2 Å². The summed E-state index contributed by atoms with van der Waals surface area (Å²) in [6.07, 6.45) is 1.78. The van der Waals surface area contributed by atoms with E-state index in [0.717, 1.165) is 28.4 Å². The lowest BCUT2D eigenvalue weighted by Gasteiger charge is -2.29. The predicted molar refractivity (Wildman–Crippen MR) is 84.9 cm³/mol. The number of para-hydroxylation sites is 1. The molecule has 0 unspecified atom stereocenters. The van der Waals surface area contributed by atoms with Crippen LogP contribution >= 0.6 is 0 Å². The fourth-order valence-electron chi connectivity index (χ4n) is 3.32. The first-order valence-electron chi connectivity index (χ1n) is 7.55. The first-order chi connectivity index (χ1) is 10.8. The van der Waals surface area contributed by atoms with Crippen LogP contribution in [-0.2, 0) is 0 Å². The molecule has 0 amide bonds. The quantitative estimate of drug-likeness (QED) is 0.795. The van der Waals surface area contributed by atoms with Crippen LogP contribution in [0.2, 0.25) is 0 Å². The number of ether oxygens (including phenoxy) is 3. The molecule has 0 spiro atoms. The zero-order valence-corrected chi connectivity index (χ0v) is 12.5. The van der Waals surface area contributed by atoms with Crippen LogP contribution in [0.1, 0.15) is 28.7 Å². The summed E-state index contributed by atoms with van der Waals surface area (Å²) in [5.41, 5.74) is 3.37. The maximum absolute atomic E-state index is 6.18. The fourth-order valence-corrected chi connectivity index (χ4v) is 3.32. The van der Waals surface area contributed by atoms with Gasteiger partial charge in [0.15, 0.2) is 0 Å². The minimum absolute atomic E-state index is 0.0355. The second-order valence-electron chi connectivity index (χ2n) is 5.70. The third-order valence-electron chi connectivity index (χ3n) is 4.39. The summed E-state index contributed by atoms with van der Waals surface area (Å²) in [4.78, 5) is 0. The van der Waals surface area contributed by atoms with E-state index in [9.17, 15) is 0 Å². The van der Waals surface area contributed by atoms with Gasteiger partial charge >= 0.3 is 0 Å². The molecule has 3 heteroatoms. The largest absolute Gasteiger partial charge is 0.492 e. The van der Waals surface area contributed by atoms with E-state index in [1.165, 1.54) is 5.56 Å². The minimum Gasteiger partial charge on any atom is -0.492 e. The van der Waals surface area contributed by atoms with Gasteiger partial charge in [0.2, 0.25) is 0 Å². The molecule has 22 heavy (non-hydrogen) atoms. The van der Waals surface area contributed by atoms with Crippen molar-refractivity contribution in [3.63, 3.8) is 0 Å². The van der Waals surface area contributed by atoms with E-state index in [1.54, 1.807) is 6.08 Å². The SMILES string of the molecule is C=CCOc1ccc2c(c1C)OC[C@@H]1c3ccccc3O[C@H]21. The lowest BCUT2D eigenvalue weighted by Crippen LogP contribution is -2.23. The molecule has 0 aromatic heterocycles. The van der Waals surface area contributed by atoms with E-state index in [2.05, 4.69) is 24.8 Å². The van der Waals surface area contributed by atoms with Crippen molar-refractivity contribution >= 4 is 0 Å². The molecule has 0 bridgehead atoms. The molecule has 2 aromatic rings. The normalized spacial score (nSPS) is 21.0. The Bertz CT molecular complexity index is 735. The zero-order valence-electron chi connectivity index (χ0n) is 12.5. The molecule has 0 fully saturated rings. The van der Waals surface area contributed by atoms with Crippen LogP contribution in [0.15, 0.2) is 49.1 Å². The van der Waals surface area contributed by atoms with Gasteiger partial charge in [-0.1, -0.05) is 30.9 Å². The van der Waals surface area contributed by atoms with Crippen molar-refractivity contribution in [1.29, 1.82) is 0 Å². The summed E-state index contributed by atoms with van der Waals surface area (Å²) < 4.78 is 17.9. The molecular formula is C19H18O3. The topological polar surface area (TPSA) is 27.7 Å². The van der Waals surface area contributed by atoms with Gasteiger partial charge < -0.3 is 14.2 Å². The van der Waals surface area contributed by atoms with Crippen LogP contribution in [0.4, 0.5) is 0 Å². The van der Waals surface area contributed by atoms with E-state index in [4.69, 9.17) is 14.2 Å². The molecule has 0 saturated heterocycles. The standard InChI is InChI=1S/C19H18O3/c1-3-10-20-16-9-8-14-18(12(16)2)21-11-15-13-6-4-5-7-17(13)22-19(14)15/h3-9,15,19H,1,10-11H2,2H3/t15-,19-/m1/s1. The highest BCUT2D eigenvalue weighted by Gasteiger charge is 2.41. The molecule has 0 saturated carbocycles. The van der Waals surface area contributed by atoms with E-state index in [1.807, 2.05) is 25.1 Å². The summed E-state index contributed by atoms with van der Waals surface area (Å²) in [7, 11) is 0. The third kappa shape index (κ3) is 1.89. The van der Waals surface area contributed by atoms with Crippen LogP contribution in [0.3, 0.4) is 0 Å². The number of hydrogen-bond acceptors (Lipinski definition) is 3. The molecule has 0 aliphatic carbocycles. The number of fused-ring (bicyclic) bond motifs is 5. The predicted octanol–water partition coefficient (Wildman–Crippen LogP) is 4.17. The highest BCUT2D eigenvalue weighted by atomic mass is 16.5. The second-order valence-corrected chi connectivity index (χ2v) is 5.70. The summed E-state index contributed by atoms with van der Waals surface area (Å²) in [6, 6.07) is 12.3. The number of rotatable bonds is 3. The molecule has 3 nitrogen and oxygen atoms in total. The van der Waals surface area contributed by atoms with Crippen LogP contribution in [0, 0.1) is 6.92 Å². The van der Waals surface area contributed by atoms with Gasteiger partial charge in [0, 0.05) is 16.7 Å². The maximum atomic E-state index is 6.18. The van der Waals surface area contributed by atoms with Gasteiger partial charge in [-0.25, -0.2) is 0 Å². The van der Waals surface area contributed by atoms with Crippen LogP contribution < -0.4 is 14.2 Å². The van der Waals surface area contributed by atoms with Gasteiger partial charge in [0.05, 0.1) is 12.5 Å². The van der Waals surface area contributed by atoms with Crippen molar-refractivity contribution in [3.8, 4) is 17.2 Å². The van der Waals surface area contributed by atoms with Crippen molar-refractivity contribution in [1.82, 2.24) is 0 Å². The summed E-state index contributed by atoms with van der Waals surface area (Å²) in [5.74, 6) is 2.98. The van der Waals surface area contributed by atoms with E-state index in [-0.39, 0.29) is 12.0 Å². The van der Waals surface area contributed by atoms with E-state index < -0.39 is 0 Å². The molecule has 2 atom stereocenters. The molecule has 0 N–H and O–H groups in total. The Morgan fingerprint density at radius 2 is 2.09 bits per heavy atom. The van der Waals surface area contributed by atoms with Gasteiger partial charge in [-0.05, 0) is 25.1 Å². The fraction of sp³-hybridized carbons (Fsp3) is 0.263. The highest BCUT2D eigenvalue weighted by Crippen LogP contribution is 2.52. The van der Waals surface area contributed by atoms with Crippen molar-refractivity contribution in [2.24, 2.45) is 0 Å². The van der Waals surface area contributed by atoms with Gasteiger partial charge in [0.1, 0.15) is 30.0 Å². The van der Waals surface area contributed by atoms with Gasteiger partial charge in [-0.3, -0.25) is 0 Å². The lowest BCUT2D eigenvalue weighted by atomic mass is 9.88. The Kier molecular flexibility index (Phi) is 3.07. The molecule has 2 aliphatic rings. The summed E-state index contributed by atoms with van der Waals surface area (Å²) in [5, 5.41) is 0. The van der Waals surface area contributed by atoms with E-state index >= 15 is 0 Å². The Labute approximate surface area is 130 Å². The molecule has 2 aliphatic heterocycles. The Morgan fingerprint density at radius 3 is 2.95 bits per heavy atom. The third-order valence-corrected chi connectivity index (χ3v) is 4.39. The van der Waals surface area contributed by atoms with Crippen molar-refractivity contribution in [2.45, 2.75) is 18.9 Å². The summed E-state index contributed by atoms with van der Waals surface area (Å²) >= 11 is 0. The van der Waals surface area contributed by atoms with E-state index in [0.29, 0.717) is 13.2 Å². The molecule has 112 valence electrons. The second kappa shape index (κ2) is 5.09. The van der Waals surface area contributed by atoms with Gasteiger partial charge in [-0.2, -0.15) is 0 Å². The minimum atomic E-state index is 0.0355. The Hall–Kier alpha value is -2.42. The molecule has 2 heterocycles. The smallest absolute Gasteiger partial charge is 0.138 e. The van der Waals surface area contributed by atoms with Crippen LogP contribution in [0.5, 0.6) is 17.2 Å². The first kappa shape index (κ1) is 13.3. The Balaban J connectivity index is 1.73. The van der Waals surface area contributed by atoms with Crippen LogP contribution in [0.25, 0.3) is 0 Å². The molecular weight excluding hydrogens is 276 g/mol. The van der Waals surface area contributed by atoms with Crippen molar-refractivity contribution < 1.29 is 14.2 Å². The highest BCUT2D eigenvalue weighted by molar-refractivity contribution is 5.55. The average molecular weight is 294 g/mol. The molecule has 4 rings (SSSR count). The summed E-state index contributed by atoms with van der Waals surface area (Å²) in [6.45, 7) is 6.84. The zero-order chi connectivity index (χ0) is 15.1. The number of benzene rings is 2. The molecule has 0 radical (unpaired) electrons.